The molecule has 6 heteroatoms. The lowest BCUT2D eigenvalue weighted by Crippen LogP contribution is -2.43. The average molecular weight is 319 g/mol. The lowest BCUT2D eigenvalue weighted by molar-refractivity contribution is -0.118. The monoisotopic (exact) mass is 319 g/mol. The minimum absolute atomic E-state index is 0.0357. The van der Waals surface area contributed by atoms with Gasteiger partial charge < -0.3 is 10.6 Å². The van der Waals surface area contributed by atoms with Gasteiger partial charge in [-0.25, -0.2) is 9.37 Å². The molecule has 0 saturated carbocycles. The van der Waals surface area contributed by atoms with Gasteiger partial charge in [-0.3, -0.25) is 4.79 Å². The second-order valence-electron chi connectivity index (χ2n) is 5.39. The van der Waals surface area contributed by atoms with Crippen molar-refractivity contribution in [3.05, 3.63) is 46.7 Å². The summed E-state index contributed by atoms with van der Waals surface area (Å²) in [5.41, 5.74) is 0.637. The lowest BCUT2D eigenvalue weighted by Gasteiger charge is -2.21. The van der Waals surface area contributed by atoms with Crippen LogP contribution in [-0.2, 0) is 11.2 Å². The number of nitrogens with one attached hydrogen (secondary N) is 2. The summed E-state index contributed by atoms with van der Waals surface area (Å²) in [5, 5.41) is 6.63. The van der Waals surface area contributed by atoms with E-state index in [1.807, 2.05) is 6.07 Å². The lowest BCUT2D eigenvalue weighted by atomic mass is 10.0. The summed E-state index contributed by atoms with van der Waals surface area (Å²) in [7, 11) is 0. The van der Waals surface area contributed by atoms with Crippen molar-refractivity contribution in [1.29, 1.82) is 0 Å². The Morgan fingerprint density at radius 1 is 1.41 bits per heavy atom. The molecule has 2 N–H and O–H groups in total. The van der Waals surface area contributed by atoms with E-state index in [-0.39, 0.29) is 17.8 Å². The Morgan fingerprint density at radius 3 is 3.05 bits per heavy atom. The smallest absolute Gasteiger partial charge is 0.243 e. The third-order valence-electron chi connectivity index (χ3n) is 3.73. The van der Waals surface area contributed by atoms with Crippen molar-refractivity contribution in [2.24, 2.45) is 0 Å². The van der Waals surface area contributed by atoms with Gasteiger partial charge in [-0.2, -0.15) is 0 Å². The number of thiazole rings is 1. The molecule has 22 heavy (non-hydrogen) atoms. The maximum Gasteiger partial charge on any atom is 0.243 e. The topological polar surface area (TPSA) is 54.0 Å². The third kappa shape index (κ3) is 3.69. The number of amides is 1. The van der Waals surface area contributed by atoms with E-state index in [1.54, 1.807) is 18.3 Å². The number of rotatable bonds is 4. The van der Waals surface area contributed by atoms with Crippen molar-refractivity contribution in [1.82, 2.24) is 10.3 Å². The Bertz CT molecular complexity index is 652. The van der Waals surface area contributed by atoms with E-state index in [9.17, 15) is 9.18 Å². The van der Waals surface area contributed by atoms with Gasteiger partial charge in [-0.05, 0) is 31.0 Å². The van der Waals surface area contributed by atoms with Crippen LogP contribution in [0.4, 0.5) is 9.52 Å². The van der Waals surface area contributed by atoms with Crippen molar-refractivity contribution >= 4 is 22.4 Å². The highest BCUT2D eigenvalue weighted by molar-refractivity contribution is 7.15. The van der Waals surface area contributed by atoms with Crippen LogP contribution >= 0.6 is 11.3 Å². The zero-order valence-electron chi connectivity index (χ0n) is 12.1. The van der Waals surface area contributed by atoms with Crippen molar-refractivity contribution in [2.75, 3.05) is 11.9 Å². The van der Waals surface area contributed by atoms with Crippen LogP contribution in [0, 0.1) is 5.82 Å². The molecule has 1 unspecified atom stereocenters. The van der Waals surface area contributed by atoms with Crippen LogP contribution in [0.1, 0.15) is 29.7 Å². The van der Waals surface area contributed by atoms with Gasteiger partial charge in [-0.1, -0.05) is 24.6 Å². The Balaban J connectivity index is 1.61. The molecule has 0 radical (unpaired) electrons. The van der Waals surface area contributed by atoms with E-state index in [4.69, 9.17) is 0 Å². The highest BCUT2D eigenvalue weighted by Gasteiger charge is 2.21. The first kappa shape index (κ1) is 15.1. The van der Waals surface area contributed by atoms with Gasteiger partial charge in [0.1, 0.15) is 5.82 Å². The molecular weight excluding hydrogens is 301 g/mol. The van der Waals surface area contributed by atoms with E-state index in [0.717, 1.165) is 30.7 Å². The number of benzene rings is 1. The average Bonchev–Trinajstić information content (AvgIpc) is 2.97. The molecule has 0 spiro atoms. The fraction of sp³-hybridized carbons (Fsp3) is 0.375. The molecule has 4 nitrogen and oxygen atoms in total. The van der Waals surface area contributed by atoms with Crippen molar-refractivity contribution in [3.8, 4) is 0 Å². The van der Waals surface area contributed by atoms with Crippen LogP contribution in [0.2, 0.25) is 0 Å². The summed E-state index contributed by atoms with van der Waals surface area (Å²) in [6.07, 6.45) is 5.23. The number of piperidine rings is 1. The van der Waals surface area contributed by atoms with Crippen LogP contribution in [0.5, 0.6) is 0 Å². The van der Waals surface area contributed by atoms with E-state index < -0.39 is 0 Å². The molecule has 0 bridgehead atoms. The molecule has 2 aromatic rings. The Morgan fingerprint density at radius 2 is 2.27 bits per heavy atom. The molecule has 1 aliphatic heterocycles. The molecule has 116 valence electrons. The number of halogens is 1. The van der Waals surface area contributed by atoms with E-state index in [0.29, 0.717) is 17.1 Å². The molecule has 1 fully saturated rings. The molecule has 1 aromatic heterocycles. The second kappa shape index (κ2) is 6.98. The summed E-state index contributed by atoms with van der Waals surface area (Å²) in [4.78, 5) is 17.3. The van der Waals surface area contributed by atoms with Crippen molar-refractivity contribution < 1.29 is 9.18 Å². The number of carbonyl (C=O) groups excluding carboxylic acids is 1. The minimum Gasteiger partial charge on any atom is -0.306 e. The predicted molar refractivity (Wildman–Crippen MR) is 85.6 cm³/mol. The van der Waals surface area contributed by atoms with E-state index in [2.05, 4.69) is 15.6 Å². The van der Waals surface area contributed by atoms with Crippen LogP contribution in [0.25, 0.3) is 0 Å². The van der Waals surface area contributed by atoms with Gasteiger partial charge >= 0.3 is 0 Å². The SMILES string of the molecule is O=C(Nc1ncc(Cc2ccccc2F)s1)C1CCCCN1. The van der Waals surface area contributed by atoms with Gasteiger partial charge in [0.05, 0.1) is 6.04 Å². The molecule has 1 amide bonds. The first-order chi connectivity index (χ1) is 10.7. The first-order valence-corrected chi connectivity index (χ1v) is 8.26. The fourth-order valence-electron chi connectivity index (χ4n) is 2.54. The molecule has 1 saturated heterocycles. The maximum absolute atomic E-state index is 13.6. The van der Waals surface area contributed by atoms with Gasteiger partial charge in [0.15, 0.2) is 5.13 Å². The highest BCUT2D eigenvalue weighted by atomic mass is 32.1. The molecule has 1 atom stereocenters. The van der Waals surface area contributed by atoms with Crippen LogP contribution in [0.15, 0.2) is 30.5 Å². The zero-order chi connectivity index (χ0) is 15.4. The molecular formula is C16H18FN3OS. The summed E-state index contributed by atoms with van der Waals surface area (Å²) in [6.45, 7) is 0.883. The normalized spacial score (nSPS) is 18.1. The van der Waals surface area contributed by atoms with E-state index >= 15 is 0 Å². The summed E-state index contributed by atoms with van der Waals surface area (Å²) in [5.74, 6) is -0.251. The fourth-order valence-corrected chi connectivity index (χ4v) is 3.38. The van der Waals surface area contributed by atoms with Gasteiger partial charge in [-0.15, -0.1) is 11.3 Å². The van der Waals surface area contributed by atoms with Crippen molar-refractivity contribution in [2.45, 2.75) is 31.7 Å². The second-order valence-corrected chi connectivity index (χ2v) is 6.51. The van der Waals surface area contributed by atoms with Crippen LogP contribution in [0.3, 0.4) is 0 Å². The summed E-state index contributed by atoms with van der Waals surface area (Å²) < 4.78 is 13.6. The maximum atomic E-state index is 13.6. The van der Waals surface area contributed by atoms with E-state index in [1.165, 1.54) is 17.4 Å². The standard InChI is InChI=1S/C16H18FN3OS/c17-13-6-2-1-5-11(13)9-12-10-19-16(22-12)20-15(21)14-7-3-4-8-18-14/h1-2,5-6,10,14,18H,3-4,7-9H2,(H,19,20,21). The van der Waals surface area contributed by atoms with Crippen LogP contribution < -0.4 is 10.6 Å². The highest BCUT2D eigenvalue weighted by Crippen LogP contribution is 2.22. The molecule has 1 aliphatic rings. The number of aromatic nitrogens is 1. The van der Waals surface area contributed by atoms with Crippen LogP contribution in [-0.4, -0.2) is 23.5 Å². The largest absolute Gasteiger partial charge is 0.306 e. The first-order valence-electron chi connectivity index (χ1n) is 7.45. The number of hydrogen-bond acceptors (Lipinski definition) is 4. The summed E-state index contributed by atoms with van der Waals surface area (Å²) in [6, 6.07) is 6.57. The number of hydrogen-bond donors (Lipinski definition) is 2. The van der Waals surface area contributed by atoms with Gasteiger partial charge in [0.2, 0.25) is 5.91 Å². The van der Waals surface area contributed by atoms with Gasteiger partial charge in [0, 0.05) is 17.5 Å². The number of nitrogens with zero attached hydrogens (tertiary/aromatic N) is 1. The summed E-state index contributed by atoms with van der Waals surface area (Å²) >= 11 is 1.39. The quantitative estimate of drug-likeness (QED) is 0.911. The van der Waals surface area contributed by atoms with Gasteiger partial charge in [0.25, 0.3) is 0 Å². The molecule has 0 aliphatic carbocycles. The third-order valence-corrected chi connectivity index (χ3v) is 4.65. The Kier molecular flexibility index (Phi) is 4.80. The molecule has 2 heterocycles. The predicted octanol–water partition coefficient (Wildman–Crippen LogP) is 2.95. The van der Waals surface area contributed by atoms with Crippen molar-refractivity contribution in [3.63, 3.8) is 0 Å². The zero-order valence-corrected chi connectivity index (χ0v) is 13.0. The Hall–Kier alpha value is -1.79. The minimum atomic E-state index is -0.215. The molecule has 3 rings (SSSR count). The number of carbonyl (C=O) groups is 1. The molecule has 1 aromatic carbocycles. The Labute approximate surface area is 132 Å². The number of anilines is 1.